The number of phenols is 1. The van der Waals surface area contributed by atoms with Crippen molar-refractivity contribution in [3.05, 3.63) is 48.5 Å². The first-order valence-corrected chi connectivity index (χ1v) is 7.78. The van der Waals surface area contributed by atoms with Gasteiger partial charge in [0.05, 0.1) is 25.4 Å². The fourth-order valence-electron chi connectivity index (χ4n) is 2.15. The van der Waals surface area contributed by atoms with Crippen molar-refractivity contribution in [1.82, 2.24) is 5.32 Å². The van der Waals surface area contributed by atoms with Crippen molar-refractivity contribution in [3.8, 4) is 16.9 Å². The van der Waals surface area contributed by atoms with Crippen molar-refractivity contribution in [2.45, 2.75) is 0 Å². The van der Waals surface area contributed by atoms with Crippen LogP contribution in [0.5, 0.6) is 5.75 Å². The normalized spacial score (nSPS) is 11.3. The zero-order valence-electron chi connectivity index (χ0n) is 13.7. The molecule has 0 spiro atoms. The minimum absolute atomic E-state index is 0.0484. The number of anilines is 1. The summed E-state index contributed by atoms with van der Waals surface area (Å²) >= 11 is 0. The van der Waals surface area contributed by atoms with Crippen molar-refractivity contribution in [2.75, 3.05) is 38.7 Å². The molecule has 0 radical (unpaired) electrons. The van der Waals surface area contributed by atoms with Crippen LogP contribution in [0.3, 0.4) is 0 Å². The molecule has 0 aliphatic rings. The van der Waals surface area contributed by atoms with E-state index in [1.807, 2.05) is 42.5 Å². The summed E-state index contributed by atoms with van der Waals surface area (Å²) in [4.78, 5) is 4.23. The number of hydrogen-bond donors (Lipinski definition) is 4. The van der Waals surface area contributed by atoms with E-state index >= 15 is 0 Å². The molecule has 0 amide bonds. The van der Waals surface area contributed by atoms with Crippen LogP contribution in [0.15, 0.2) is 53.5 Å². The van der Waals surface area contributed by atoms with E-state index in [2.05, 4.69) is 15.6 Å². The third kappa shape index (κ3) is 5.26. The summed E-state index contributed by atoms with van der Waals surface area (Å²) in [5.74, 6) is 0.599. The van der Waals surface area contributed by atoms with Crippen molar-refractivity contribution in [1.29, 1.82) is 0 Å². The van der Waals surface area contributed by atoms with Crippen LogP contribution in [0.4, 0.5) is 5.69 Å². The first-order chi connectivity index (χ1) is 11.7. The number of guanidine groups is 1. The number of methoxy groups -OCH3 is 1. The molecule has 0 bridgehead atoms. The molecule has 24 heavy (non-hydrogen) atoms. The number of aliphatic hydroxyl groups excluding tert-OH is 1. The zero-order chi connectivity index (χ0) is 17.2. The van der Waals surface area contributed by atoms with Crippen LogP contribution in [0.2, 0.25) is 0 Å². The number of nitrogens with one attached hydrogen (secondary N) is 2. The Kier molecular flexibility index (Phi) is 7.07. The lowest BCUT2D eigenvalue weighted by molar-refractivity contribution is 0.204. The number of aromatic hydroxyl groups is 1. The quantitative estimate of drug-likeness (QED) is 0.270. The molecule has 0 heterocycles. The topological polar surface area (TPSA) is 86.1 Å². The van der Waals surface area contributed by atoms with Crippen LogP contribution in [-0.2, 0) is 4.74 Å². The summed E-state index contributed by atoms with van der Waals surface area (Å²) in [5.41, 5.74) is 2.58. The number of aliphatic hydroxyl groups is 1. The fourth-order valence-corrected chi connectivity index (χ4v) is 2.15. The second-order valence-corrected chi connectivity index (χ2v) is 5.10. The fraction of sp³-hybridized carbons (Fsp3) is 0.278. The summed E-state index contributed by atoms with van der Waals surface area (Å²) in [6.07, 6.45) is 0. The van der Waals surface area contributed by atoms with Gasteiger partial charge < -0.3 is 25.6 Å². The summed E-state index contributed by atoms with van der Waals surface area (Å²) in [6, 6.07) is 15.3. The molecule has 128 valence electrons. The SMILES string of the molecule is COCCNC(=NCCO)Nc1cc(-c2ccccc2)ccc1O. The number of hydrogen-bond acceptors (Lipinski definition) is 4. The number of nitrogens with zero attached hydrogens (tertiary/aromatic N) is 1. The Balaban J connectivity index is 2.19. The van der Waals surface area contributed by atoms with Crippen molar-refractivity contribution in [3.63, 3.8) is 0 Å². The first-order valence-electron chi connectivity index (χ1n) is 7.78. The van der Waals surface area contributed by atoms with Gasteiger partial charge >= 0.3 is 0 Å². The van der Waals surface area contributed by atoms with Crippen LogP contribution in [0.1, 0.15) is 0 Å². The Hall–Kier alpha value is -2.57. The van der Waals surface area contributed by atoms with Gasteiger partial charge in [-0.25, -0.2) is 0 Å². The molecule has 2 aromatic rings. The predicted molar refractivity (Wildman–Crippen MR) is 96.4 cm³/mol. The Morgan fingerprint density at radius 1 is 1.12 bits per heavy atom. The van der Waals surface area contributed by atoms with E-state index in [0.29, 0.717) is 24.8 Å². The second-order valence-electron chi connectivity index (χ2n) is 5.10. The summed E-state index contributed by atoms with van der Waals surface area (Å²) in [5, 5.41) is 25.2. The molecule has 0 atom stereocenters. The summed E-state index contributed by atoms with van der Waals surface area (Å²) < 4.78 is 5.00. The van der Waals surface area contributed by atoms with Crippen LogP contribution < -0.4 is 10.6 Å². The van der Waals surface area contributed by atoms with Gasteiger partial charge in [-0.2, -0.15) is 0 Å². The van der Waals surface area contributed by atoms with Crippen LogP contribution in [0, 0.1) is 0 Å². The maximum atomic E-state index is 10.1. The highest BCUT2D eigenvalue weighted by molar-refractivity contribution is 5.95. The van der Waals surface area contributed by atoms with Gasteiger partial charge in [0, 0.05) is 13.7 Å². The average Bonchev–Trinajstić information content (AvgIpc) is 2.62. The molecular formula is C18H23N3O3. The average molecular weight is 329 g/mol. The predicted octanol–water partition coefficient (Wildman–Crippen LogP) is 2.06. The van der Waals surface area contributed by atoms with Gasteiger partial charge in [0.2, 0.25) is 0 Å². The van der Waals surface area contributed by atoms with Crippen molar-refractivity contribution >= 4 is 11.6 Å². The highest BCUT2D eigenvalue weighted by Gasteiger charge is 2.07. The minimum atomic E-state index is -0.0484. The minimum Gasteiger partial charge on any atom is -0.506 e. The lowest BCUT2D eigenvalue weighted by Crippen LogP contribution is -2.33. The van der Waals surface area contributed by atoms with Gasteiger partial charge in [0.1, 0.15) is 5.75 Å². The van der Waals surface area contributed by atoms with Gasteiger partial charge in [-0.3, -0.25) is 4.99 Å². The molecule has 6 heteroatoms. The van der Waals surface area contributed by atoms with E-state index in [4.69, 9.17) is 9.84 Å². The van der Waals surface area contributed by atoms with E-state index in [0.717, 1.165) is 11.1 Å². The Labute approximate surface area is 141 Å². The molecular weight excluding hydrogens is 306 g/mol. The number of aliphatic imine (C=N–C) groups is 1. The van der Waals surface area contributed by atoms with Gasteiger partial charge in [-0.1, -0.05) is 36.4 Å². The lowest BCUT2D eigenvalue weighted by atomic mass is 10.0. The summed E-state index contributed by atoms with van der Waals surface area (Å²) in [6.45, 7) is 1.30. The number of ether oxygens (including phenoxy) is 1. The van der Waals surface area contributed by atoms with Crippen LogP contribution in [-0.4, -0.2) is 49.6 Å². The second kappa shape index (κ2) is 9.54. The highest BCUT2D eigenvalue weighted by Crippen LogP contribution is 2.29. The van der Waals surface area contributed by atoms with E-state index in [9.17, 15) is 5.11 Å². The Morgan fingerprint density at radius 3 is 2.62 bits per heavy atom. The molecule has 0 aliphatic carbocycles. The number of phenolic OH excluding ortho intramolecular Hbond substituents is 1. The van der Waals surface area contributed by atoms with Gasteiger partial charge in [0.25, 0.3) is 0 Å². The molecule has 0 fully saturated rings. The number of rotatable bonds is 7. The third-order valence-electron chi connectivity index (χ3n) is 3.33. The maximum Gasteiger partial charge on any atom is 0.196 e. The molecule has 4 N–H and O–H groups in total. The van der Waals surface area contributed by atoms with Crippen molar-refractivity contribution in [2.24, 2.45) is 4.99 Å². The van der Waals surface area contributed by atoms with Gasteiger partial charge in [-0.15, -0.1) is 0 Å². The lowest BCUT2D eigenvalue weighted by Gasteiger charge is -2.14. The summed E-state index contributed by atoms with van der Waals surface area (Å²) in [7, 11) is 1.62. The van der Waals surface area contributed by atoms with E-state index in [1.54, 1.807) is 13.2 Å². The smallest absolute Gasteiger partial charge is 0.196 e. The van der Waals surface area contributed by atoms with E-state index in [-0.39, 0.29) is 18.9 Å². The van der Waals surface area contributed by atoms with E-state index < -0.39 is 0 Å². The number of benzene rings is 2. The molecule has 0 aromatic heterocycles. The molecule has 0 saturated carbocycles. The highest BCUT2D eigenvalue weighted by atomic mass is 16.5. The van der Waals surface area contributed by atoms with Gasteiger partial charge in [-0.05, 0) is 23.3 Å². The van der Waals surface area contributed by atoms with Crippen LogP contribution in [0.25, 0.3) is 11.1 Å². The first kappa shape index (κ1) is 17.8. The third-order valence-corrected chi connectivity index (χ3v) is 3.33. The standard InChI is InChI=1S/C18H23N3O3/c1-24-12-10-20-18(19-9-11-22)21-16-13-15(7-8-17(16)23)14-5-3-2-4-6-14/h2-8,13,22-23H,9-12H2,1H3,(H2,19,20,21). The van der Waals surface area contributed by atoms with Crippen LogP contribution >= 0.6 is 0 Å². The largest absolute Gasteiger partial charge is 0.506 e. The molecule has 2 aromatic carbocycles. The Bertz CT molecular complexity index is 660. The molecule has 0 saturated heterocycles. The van der Waals surface area contributed by atoms with Gasteiger partial charge in [0.15, 0.2) is 5.96 Å². The molecule has 2 rings (SSSR count). The Morgan fingerprint density at radius 2 is 1.92 bits per heavy atom. The zero-order valence-corrected chi connectivity index (χ0v) is 13.7. The molecule has 0 unspecified atom stereocenters. The molecule has 0 aliphatic heterocycles. The molecule has 6 nitrogen and oxygen atoms in total. The van der Waals surface area contributed by atoms with Crippen molar-refractivity contribution < 1.29 is 14.9 Å². The maximum absolute atomic E-state index is 10.1. The monoisotopic (exact) mass is 329 g/mol. The van der Waals surface area contributed by atoms with E-state index in [1.165, 1.54) is 0 Å².